The number of hydrogen-bond acceptors (Lipinski definition) is 2. The molecule has 0 amide bonds. The van der Waals surface area contributed by atoms with Gasteiger partial charge in [0.25, 0.3) is 0 Å². The lowest BCUT2D eigenvalue weighted by Gasteiger charge is -2.45. The molecule has 1 aliphatic heterocycles. The zero-order valence-electron chi connectivity index (χ0n) is 9.45. The quantitative estimate of drug-likeness (QED) is 0.675. The van der Waals surface area contributed by atoms with E-state index in [0.717, 1.165) is 19.4 Å². The van der Waals surface area contributed by atoms with E-state index in [4.69, 9.17) is 6.42 Å². The number of terminal acetylenes is 1. The van der Waals surface area contributed by atoms with Crippen molar-refractivity contribution >= 4 is 0 Å². The highest BCUT2D eigenvalue weighted by molar-refractivity contribution is 4.97. The number of aliphatic hydroxyl groups is 1. The van der Waals surface area contributed by atoms with Crippen molar-refractivity contribution in [3.63, 3.8) is 0 Å². The van der Waals surface area contributed by atoms with Gasteiger partial charge in [-0.1, -0.05) is 6.92 Å². The van der Waals surface area contributed by atoms with Crippen LogP contribution in [-0.2, 0) is 0 Å². The van der Waals surface area contributed by atoms with Crippen molar-refractivity contribution < 1.29 is 5.11 Å². The molecule has 80 valence electrons. The van der Waals surface area contributed by atoms with Crippen LogP contribution in [0.1, 0.15) is 33.1 Å². The lowest BCUT2D eigenvalue weighted by atomic mass is 9.76. The monoisotopic (exact) mass is 195 g/mol. The van der Waals surface area contributed by atoms with E-state index in [9.17, 15) is 5.11 Å². The van der Waals surface area contributed by atoms with Gasteiger partial charge in [0.2, 0.25) is 0 Å². The number of hydrogen-bond donors (Lipinski definition) is 1. The molecular weight excluding hydrogens is 174 g/mol. The van der Waals surface area contributed by atoms with Gasteiger partial charge < -0.3 is 10.0 Å². The number of rotatable bonds is 2. The summed E-state index contributed by atoms with van der Waals surface area (Å²) in [4.78, 5) is 2.30. The van der Waals surface area contributed by atoms with Gasteiger partial charge in [-0.2, -0.15) is 0 Å². The van der Waals surface area contributed by atoms with Gasteiger partial charge in [-0.05, 0) is 32.7 Å². The van der Waals surface area contributed by atoms with Crippen LogP contribution < -0.4 is 0 Å². The molecule has 0 aromatic carbocycles. The standard InChI is InChI=1S/C12H21NO/c1-5-6-7-12(14)8-11(3)13(4)9-10(12)2/h1,10-11,14H,6-9H2,2-4H3. The molecule has 1 rings (SSSR count). The normalized spacial score (nSPS) is 39.4. The van der Waals surface area contributed by atoms with Crippen molar-refractivity contribution in [2.45, 2.75) is 44.8 Å². The Kier molecular flexibility index (Phi) is 3.58. The van der Waals surface area contributed by atoms with Crippen LogP contribution in [0.25, 0.3) is 0 Å². The first-order valence-corrected chi connectivity index (χ1v) is 5.35. The fraction of sp³-hybridized carbons (Fsp3) is 0.833. The van der Waals surface area contributed by atoms with Crippen LogP contribution in [0.2, 0.25) is 0 Å². The van der Waals surface area contributed by atoms with Crippen molar-refractivity contribution in [3.8, 4) is 12.3 Å². The predicted molar refractivity (Wildman–Crippen MR) is 58.9 cm³/mol. The summed E-state index contributed by atoms with van der Waals surface area (Å²) in [7, 11) is 2.11. The summed E-state index contributed by atoms with van der Waals surface area (Å²) in [6, 6.07) is 0.453. The molecule has 14 heavy (non-hydrogen) atoms. The smallest absolute Gasteiger partial charge is 0.0709 e. The lowest BCUT2D eigenvalue weighted by molar-refractivity contribution is -0.0827. The first kappa shape index (κ1) is 11.6. The van der Waals surface area contributed by atoms with Gasteiger partial charge in [0.15, 0.2) is 0 Å². The fourth-order valence-electron chi connectivity index (χ4n) is 2.29. The summed E-state index contributed by atoms with van der Waals surface area (Å²) in [6.07, 6.45) is 7.50. The topological polar surface area (TPSA) is 23.5 Å². The maximum Gasteiger partial charge on any atom is 0.0709 e. The molecular formula is C12H21NO. The first-order chi connectivity index (χ1) is 6.49. The largest absolute Gasteiger partial charge is 0.389 e. The lowest BCUT2D eigenvalue weighted by Crippen LogP contribution is -2.53. The Balaban J connectivity index is 2.63. The molecule has 1 heterocycles. The van der Waals surface area contributed by atoms with Gasteiger partial charge in [0.05, 0.1) is 5.60 Å². The highest BCUT2D eigenvalue weighted by atomic mass is 16.3. The number of nitrogens with zero attached hydrogens (tertiary/aromatic N) is 1. The Hall–Kier alpha value is -0.520. The van der Waals surface area contributed by atoms with E-state index < -0.39 is 5.60 Å². The molecule has 0 aromatic rings. The van der Waals surface area contributed by atoms with Gasteiger partial charge in [-0.25, -0.2) is 0 Å². The Morgan fingerprint density at radius 1 is 1.57 bits per heavy atom. The van der Waals surface area contributed by atoms with Gasteiger partial charge in [-0.3, -0.25) is 0 Å². The fourth-order valence-corrected chi connectivity index (χ4v) is 2.29. The molecule has 1 fully saturated rings. The summed E-state index contributed by atoms with van der Waals surface area (Å²) in [6.45, 7) is 5.23. The molecule has 2 nitrogen and oxygen atoms in total. The maximum atomic E-state index is 10.4. The van der Waals surface area contributed by atoms with Crippen molar-refractivity contribution in [2.75, 3.05) is 13.6 Å². The minimum absolute atomic E-state index is 0.317. The Morgan fingerprint density at radius 3 is 2.79 bits per heavy atom. The first-order valence-electron chi connectivity index (χ1n) is 5.35. The molecule has 3 unspecified atom stereocenters. The highest BCUT2D eigenvalue weighted by Gasteiger charge is 2.40. The molecule has 0 bridgehead atoms. The van der Waals surface area contributed by atoms with Crippen molar-refractivity contribution in [3.05, 3.63) is 0 Å². The third-order valence-corrected chi connectivity index (χ3v) is 3.58. The summed E-state index contributed by atoms with van der Waals surface area (Å²) in [5, 5.41) is 10.4. The van der Waals surface area contributed by atoms with Crippen molar-refractivity contribution in [1.29, 1.82) is 0 Å². The third-order valence-electron chi connectivity index (χ3n) is 3.58. The van der Waals surface area contributed by atoms with Crippen LogP contribution in [-0.4, -0.2) is 35.2 Å². The molecule has 0 aliphatic carbocycles. The Bertz CT molecular complexity index is 233. The van der Waals surface area contributed by atoms with Crippen LogP contribution in [0.5, 0.6) is 0 Å². The maximum absolute atomic E-state index is 10.4. The molecule has 0 radical (unpaired) electrons. The number of piperidine rings is 1. The van der Waals surface area contributed by atoms with Crippen LogP contribution in [0, 0.1) is 18.3 Å². The van der Waals surface area contributed by atoms with E-state index in [1.165, 1.54) is 0 Å². The average molecular weight is 195 g/mol. The van der Waals surface area contributed by atoms with Crippen molar-refractivity contribution in [2.24, 2.45) is 5.92 Å². The van der Waals surface area contributed by atoms with E-state index in [1.807, 2.05) is 0 Å². The van der Waals surface area contributed by atoms with Crippen molar-refractivity contribution in [1.82, 2.24) is 4.90 Å². The van der Waals surface area contributed by atoms with Gasteiger partial charge in [0, 0.05) is 19.0 Å². The molecule has 1 saturated heterocycles. The van der Waals surface area contributed by atoms with E-state index in [0.29, 0.717) is 18.4 Å². The van der Waals surface area contributed by atoms with E-state index in [1.54, 1.807) is 0 Å². The van der Waals surface area contributed by atoms with Crippen LogP contribution in [0.15, 0.2) is 0 Å². The average Bonchev–Trinajstić information content (AvgIpc) is 2.12. The van der Waals surface area contributed by atoms with E-state index >= 15 is 0 Å². The second-order valence-corrected chi connectivity index (χ2v) is 4.70. The highest BCUT2D eigenvalue weighted by Crippen LogP contribution is 2.34. The van der Waals surface area contributed by atoms with Crippen LogP contribution >= 0.6 is 0 Å². The second kappa shape index (κ2) is 4.33. The van der Waals surface area contributed by atoms with Gasteiger partial charge in [-0.15, -0.1) is 12.3 Å². The van der Waals surface area contributed by atoms with Crippen LogP contribution in [0.3, 0.4) is 0 Å². The number of likely N-dealkylation sites (tertiary alicyclic amines) is 1. The minimum Gasteiger partial charge on any atom is -0.389 e. The van der Waals surface area contributed by atoms with E-state index in [-0.39, 0.29) is 0 Å². The van der Waals surface area contributed by atoms with Crippen LogP contribution in [0.4, 0.5) is 0 Å². The predicted octanol–water partition coefficient (Wildman–Crippen LogP) is 1.49. The second-order valence-electron chi connectivity index (χ2n) is 4.70. The Morgan fingerprint density at radius 2 is 2.21 bits per heavy atom. The Labute approximate surface area is 87.3 Å². The zero-order chi connectivity index (χ0) is 10.8. The minimum atomic E-state index is -0.543. The van der Waals surface area contributed by atoms with Gasteiger partial charge in [0.1, 0.15) is 0 Å². The molecule has 0 saturated carbocycles. The molecule has 0 spiro atoms. The molecule has 1 aliphatic rings. The summed E-state index contributed by atoms with van der Waals surface area (Å²) < 4.78 is 0. The molecule has 3 atom stereocenters. The zero-order valence-corrected chi connectivity index (χ0v) is 9.45. The van der Waals surface area contributed by atoms with Gasteiger partial charge >= 0.3 is 0 Å². The molecule has 0 aromatic heterocycles. The SMILES string of the molecule is C#CCCC1(O)CC(C)N(C)CC1C. The molecule has 1 N–H and O–H groups in total. The third kappa shape index (κ3) is 2.29. The summed E-state index contributed by atoms with van der Waals surface area (Å²) >= 11 is 0. The summed E-state index contributed by atoms with van der Waals surface area (Å²) in [5.74, 6) is 2.93. The van der Waals surface area contributed by atoms with E-state index in [2.05, 4.69) is 31.7 Å². The summed E-state index contributed by atoms with van der Waals surface area (Å²) in [5.41, 5.74) is -0.543. The molecule has 2 heteroatoms.